The zero-order valence-electron chi connectivity index (χ0n) is 9.08. The highest BCUT2D eigenvalue weighted by Gasteiger charge is 2.31. The van der Waals surface area contributed by atoms with Crippen LogP contribution in [0.2, 0.25) is 0 Å². The number of rotatable bonds is 3. The van der Waals surface area contributed by atoms with Crippen molar-refractivity contribution in [1.82, 2.24) is 10.6 Å². The van der Waals surface area contributed by atoms with Crippen molar-refractivity contribution < 1.29 is 9.59 Å². The lowest BCUT2D eigenvalue weighted by atomic mass is 10.0. The quantitative estimate of drug-likeness (QED) is 0.715. The summed E-state index contributed by atoms with van der Waals surface area (Å²) in [6, 6.07) is -0.0382. The summed E-state index contributed by atoms with van der Waals surface area (Å²) in [6.07, 6.45) is 4.59. The summed E-state index contributed by atoms with van der Waals surface area (Å²) in [6.45, 7) is 2.04. The van der Waals surface area contributed by atoms with E-state index < -0.39 is 0 Å². The van der Waals surface area contributed by atoms with E-state index in [0.29, 0.717) is 12.3 Å². The van der Waals surface area contributed by atoms with Crippen molar-refractivity contribution in [2.45, 2.75) is 51.1 Å². The Morgan fingerprint density at radius 1 is 1.47 bits per heavy atom. The maximum absolute atomic E-state index is 11.8. The molecule has 1 heterocycles. The summed E-state index contributed by atoms with van der Waals surface area (Å²) in [5.74, 6) is 0.649. The molecule has 1 aliphatic heterocycles. The van der Waals surface area contributed by atoms with E-state index >= 15 is 0 Å². The lowest BCUT2D eigenvalue weighted by molar-refractivity contribution is -0.131. The monoisotopic (exact) mass is 210 g/mol. The number of nitrogens with one attached hydrogen (secondary N) is 2. The highest BCUT2D eigenvalue weighted by Crippen LogP contribution is 2.32. The van der Waals surface area contributed by atoms with Crippen LogP contribution in [0.4, 0.5) is 0 Å². The normalized spacial score (nSPS) is 28.1. The van der Waals surface area contributed by atoms with Crippen LogP contribution in [0.25, 0.3) is 0 Å². The molecule has 0 spiro atoms. The maximum Gasteiger partial charge on any atom is 0.242 e. The van der Waals surface area contributed by atoms with Gasteiger partial charge in [-0.3, -0.25) is 9.59 Å². The van der Waals surface area contributed by atoms with Crippen molar-refractivity contribution in [2.75, 3.05) is 0 Å². The molecular weight excluding hydrogens is 192 g/mol. The van der Waals surface area contributed by atoms with Gasteiger partial charge in [-0.1, -0.05) is 0 Å². The smallest absolute Gasteiger partial charge is 0.242 e. The van der Waals surface area contributed by atoms with Crippen molar-refractivity contribution >= 4 is 11.8 Å². The van der Waals surface area contributed by atoms with Crippen LogP contribution < -0.4 is 10.6 Å². The molecule has 1 saturated carbocycles. The van der Waals surface area contributed by atoms with E-state index in [-0.39, 0.29) is 23.9 Å². The average Bonchev–Trinajstić information content (AvgIpc) is 3.00. The molecule has 4 nitrogen and oxygen atoms in total. The van der Waals surface area contributed by atoms with Gasteiger partial charge in [0.05, 0.1) is 0 Å². The summed E-state index contributed by atoms with van der Waals surface area (Å²) >= 11 is 0. The van der Waals surface area contributed by atoms with Gasteiger partial charge in [-0.15, -0.1) is 0 Å². The molecule has 2 aliphatic rings. The molecule has 2 N–H and O–H groups in total. The summed E-state index contributed by atoms with van der Waals surface area (Å²) < 4.78 is 0. The third-order valence-electron chi connectivity index (χ3n) is 3.25. The zero-order chi connectivity index (χ0) is 10.8. The molecule has 2 amide bonds. The van der Waals surface area contributed by atoms with Crippen LogP contribution in [0.15, 0.2) is 0 Å². The first-order valence-corrected chi connectivity index (χ1v) is 5.76. The fourth-order valence-electron chi connectivity index (χ4n) is 2.04. The Morgan fingerprint density at radius 2 is 2.20 bits per heavy atom. The highest BCUT2D eigenvalue weighted by atomic mass is 16.2. The van der Waals surface area contributed by atoms with E-state index in [9.17, 15) is 9.59 Å². The predicted octanol–water partition coefficient (Wildman–Crippen LogP) is 0.570. The van der Waals surface area contributed by atoms with E-state index in [1.54, 1.807) is 0 Å². The SMILES string of the molecule is CC(NC(=O)[C@H]1CCCC(=O)N1)C1CC1. The van der Waals surface area contributed by atoms with Gasteiger partial charge in [0.25, 0.3) is 0 Å². The molecule has 0 aromatic rings. The predicted molar refractivity (Wildman–Crippen MR) is 56.1 cm³/mol. The first-order valence-electron chi connectivity index (χ1n) is 5.76. The second-order valence-electron chi connectivity index (χ2n) is 4.65. The zero-order valence-corrected chi connectivity index (χ0v) is 9.08. The van der Waals surface area contributed by atoms with Crippen molar-refractivity contribution in [3.63, 3.8) is 0 Å². The molecule has 4 heteroatoms. The van der Waals surface area contributed by atoms with Crippen LogP contribution in [-0.2, 0) is 9.59 Å². The second-order valence-corrected chi connectivity index (χ2v) is 4.65. The molecule has 15 heavy (non-hydrogen) atoms. The minimum absolute atomic E-state index is 0.000440. The summed E-state index contributed by atoms with van der Waals surface area (Å²) in [7, 11) is 0. The van der Waals surface area contributed by atoms with Crippen molar-refractivity contribution in [2.24, 2.45) is 5.92 Å². The van der Waals surface area contributed by atoms with Crippen LogP contribution in [0.5, 0.6) is 0 Å². The first-order chi connectivity index (χ1) is 7.16. The Bertz CT molecular complexity index is 274. The van der Waals surface area contributed by atoms with E-state index in [2.05, 4.69) is 10.6 Å². The Labute approximate surface area is 89.8 Å². The molecular formula is C11H18N2O2. The van der Waals surface area contributed by atoms with Crippen LogP contribution in [0.3, 0.4) is 0 Å². The Balaban J connectivity index is 1.81. The van der Waals surface area contributed by atoms with E-state index in [0.717, 1.165) is 12.8 Å². The molecule has 0 radical (unpaired) electrons. The number of hydrogen-bond acceptors (Lipinski definition) is 2. The largest absolute Gasteiger partial charge is 0.352 e. The minimum Gasteiger partial charge on any atom is -0.352 e. The first kappa shape index (κ1) is 10.5. The number of amides is 2. The third-order valence-corrected chi connectivity index (χ3v) is 3.25. The Hall–Kier alpha value is -1.06. The summed E-state index contributed by atoms with van der Waals surface area (Å²) in [5, 5.41) is 5.71. The number of piperidine rings is 1. The van der Waals surface area contributed by atoms with Crippen molar-refractivity contribution in [1.29, 1.82) is 0 Å². The van der Waals surface area contributed by atoms with E-state index in [1.165, 1.54) is 12.8 Å². The standard InChI is InChI=1S/C11H18N2O2/c1-7(8-5-6-8)12-11(15)9-3-2-4-10(14)13-9/h7-9H,2-6H2,1H3,(H,12,15)(H,13,14)/t7?,9-/m1/s1. The molecule has 1 saturated heterocycles. The number of carbonyl (C=O) groups excluding carboxylic acids is 2. The van der Waals surface area contributed by atoms with Gasteiger partial charge in [0.15, 0.2) is 0 Å². The van der Waals surface area contributed by atoms with Crippen LogP contribution in [-0.4, -0.2) is 23.9 Å². The van der Waals surface area contributed by atoms with Crippen molar-refractivity contribution in [3.05, 3.63) is 0 Å². The summed E-state index contributed by atoms with van der Waals surface area (Å²) in [4.78, 5) is 22.9. The molecule has 1 unspecified atom stereocenters. The Morgan fingerprint density at radius 3 is 2.80 bits per heavy atom. The van der Waals surface area contributed by atoms with Gasteiger partial charge in [-0.2, -0.15) is 0 Å². The van der Waals surface area contributed by atoms with Gasteiger partial charge in [0.1, 0.15) is 6.04 Å². The lowest BCUT2D eigenvalue weighted by Crippen LogP contribution is -2.51. The fourth-order valence-corrected chi connectivity index (χ4v) is 2.04. The van der Waals surface area contributed by atoms with Gasteiger partial charge >= 0.3 is 0 Å². The Kier molecular flexibility index (Phi) is 2.93. The molecule has 2 atom stereocenters. The van der Waals surface area contributed by atoms with Crippen LogP contribution >= 0.6 is 0 Å². The van der Waals surface area contributed by atoms with E-state index in [4.69, 9.17) is 0 Å². The summed E-state index contributed by atoms with van der Waals surface area (Å²) in [5.41, 5.74) is 0. The molecule has 2 fully saturated rings. The molecule has 0 bridgehead atoms. The maximum atomic E-state index is 11.8. The highest BCUT2D eigenvalue weighted by molar-refractivity contribution is 5.88. The van der Waals surface area contributed by atoms with Gasteiger partial charge in [-0.05, 0) is 38.5 Å². The molecule has 2 rings (SSSR count). The lowest BCUT2D eigenvalue weighted by Gasteiger charge is -2.24. The van der Waals surface area contributed by atoms with Gasteiger partial charge < -0.3 is 10.6 Å². The van der Waals surface area contributed by atoms with Gasteiger partial charge in [0.2, 0.25) is 11.8 Å². The third kappa shape index (κ3) is 2.70. The second kappa shape index (κ2) is 4.21. The average molecular weight is 210 g/mol. The van der Waals surface area contributed by atoms with Crippen LogP contribution in [0.1, 0.15) is 39.0 Å². The minimum atomic E-state index is -0.299. The molecule has 84 valence electrons. The van der Waals surface area contributed by atoms with Crippen LogP contribution in [0, 0.1) is 5.92 Å². The number of carbonyl (C=O) groups is 2. The molecule has 1 aliphatic carbocycles. The topological polar surface area (TPSA) is 58.2 Å². The van der Waals surface area contributed by atoms with E-state index in [1.807, 2.05) is 6.92 Å². The molecule has 0 aromatic carbocycles. The fraction of sp³-hybridized carbons (Fsp3) is 0.818. The van der Waals surface area contributed by atoms with Gasteiger partial charge in [0, 0.05) is 12.5 Å². The van der Waals surface area contributed by atoms with Crippen molar-refractivity contribution in [3.8, 4) is 0 Å². The number of hydrogen-bond donors (Lipinski definition) is 2. The molecule has 0 aromatic heterocycles. The van der Waals surface area contributed by atoms with Gasteiger partial charge in [-0.25, -0.2) is 0 Å².